The van der Waals surface area contributed by atoms with E-state index in [1.165, 1.54) is 30.4 Å². The van der Waals surface area contributed by atoms with Crippen molar-refractivity contribution in [3.63, 3.8) is 0 Å². The Balaban J connectivity index is 1.67. The first-order chi connectivity index (χ1) is 6.84. The zero-order valence-electron chi connectivity index (χ0n) is 8.32. The van der Waals surface area contributed by atoms with Crippen LogP contribution in [0.15, 0.2) is 24.3 Å². The molecule has 0 saturated heterocycles. The van der Waals surface area contributed by atoms with Crippen LogP contribution in [0.5, 0.6) is 0 Å². The molecule has 0 aliphatic heterocycles. The minimum atomic E-state index is -0.0339. The van der Waals surface area contributed by atoms with Crippen molar-refractivity contribution in [1.82, 2.24) is 0 Å². The number of hydrogen-bond acceptors (Lipinski definition) is 1. The summed E-state index contributed by atoms with van der Waals surface area (Å²) < 4.78 is 0. The van der Waals surface area contributed by atoms with Crippen LogP contribution in [0.4, 0.5) is 0 Å². The summed E-state index contributed by atoms with van der Waals surface area (Å²) in [6.07, 6.45) is 4.63. The summed E-state index contributed by atoms with van der Waals surface area (Å²) in [6, 6.07) is 8.62. The average molecular weight is 188 g/mol. The summed E-state index contributed by atoms with van der Waals surface area (Å²) in [7, 11) is 0. The second-order valence-electron chi connectivity index (χ2n) is 4.74. The molecule has 1 N–H and O–H groups in total. The molecule has 0 radical (unpaired) electrons. The van der Waals surface area contributed by atoms with Crippen molar-refractivity contribution >= 4 is 0 Å². The predicted molar refractivity (Wildman–Crippen MR) is 56.2 cm³/mol. The zero-order chi connectivity index (χ0) is 9.54. The van der Waals surface area contributed by atoms with Crippen molar-refractivity contribution < 1.29 is 5.11 Å². The van der Waals surface area contributed by atoms with Gasteiger partial charge < -0.3 is 5.11 Å². The summed E-state index contributed by atoms with van der Waals surface area (Å²) in [5, 5.41) is 9.85. The molecule has 0 bridgehead atoms. The number of aliphatic hydroxyl groups is 1. The Hall–Kier alpha value is -0.820. The van der Waals surface area contributed by atoms with Crippen molar-refractivity contribution in [2.24, 2.45) is 5.92 Å². The molecule has 1 aromatic carbocycles. The molecule has 14 heavy (non-hydrogen) atoms. The molecular weight excluding hydrogens is 172 g/mol. The summed E-state index contributed by atoms with van der Waals surface area (Å²) in [4.78, 5) is 0. The molecule has 2 aliphatic carbocycles. The third-order valence-electron chi connectivity index (χ3n) is 3.65. The molecular formula is C13H16O. The van der Waals surface area contributed by atoms with Crippen LogP contribution in [0.2, 0.25) is 0 Å². The standard InChI is InChI=1S/C13H16O/c14-13(9-5-6-9)8-11-7-10-3-1-2-4-12(10)11/h1-4,9,11,13-14H,5-8H2. The van der Waals surface area contributed by atoms with E-state index >= 15 is 0 Å². The zero-order valence-corrected chi connectivity index (χ0v) is 8.32. The van der Waals surface area contributed by atoms with Gasteiger partial charge in [-0.2, -0.15) is 0 Å². The topological polar surface area (TPSA) is 20.2 Å². The molecule has 0 spiro atoms. The number of aliphatic hydroxyl groups excluding tert-OH is 1. The van der Waals surface area contributed by atoms with Gasteiger partial charge in [0.2, 0.25) is 0 Å². The molecule has 3 rings (SSSR count). The first-order valence-electron chi connectivity index (χ1n) is 5.60. The Kier molecular flexibility index (Phi) is 1.88. The molecule has 1 fully saturated rings. The van der Waals surface area contributed by atoms with Crippen LogP contribution in [-0.2, 0) is 6.42 Å². The summed E-state index contributed by atoms with van der Waals surface area (Å²) in [5.74, 6) is 1.27. The highest BCUT2D eigenvalue weighted by molar-refractivity contribution is 5.39. The molecule has 1 saturated carbocycles. The molecule has 0 heterocycles. The van der Waals surface area contributed by atoms with Gasteiger partial charge in [-0.1, -0.05) is 24.3 Å². The SMILES string of the molecule is OC(CC1Cc2ccccc21)C1CC1. The van der Waals surface area contributed by atoms with Gasteiger partial charge in [-0.25, -0.2) is 0 Å². The van der Waals surface area contributed by atoms with Crippen LogP contribution >= 0.6 is 0 Å². The monoisotopic (exact) mass is 188 g/mol. The van der Waals surface area contributed by atoms with Crippen molar-refractivity contribution in [1.29, 1.82) is 0 Å². The van der Waals surface area contributed by atoms with E-state index in [2.05, 4.69) is 24.3 Å². The van der Waals surface area contributed by atoms with Crippen LogP contribution in [0.1, 0.15) is 36.3 Å². The van der Waals surface area contributed by atoms with Crippen molar-refractivity contribution in [3.8, 4) is 0 Å². The number of rotatable bonds is 3. The average Bonchev–Trinajstić information content (AvgIpc) is 2.97. The van der Waals surface area contributed by atoms with Crippen LogP contribution in [-0.4, -0.2) is 11.2 Å². The largest absolute Gasteiger partial charge is 0.393 e. The maximum atomic E-state index is 9.85. The van der Waals surface area contributed by atoms with E-state index in [-0.39, 0.29) is 6.10 Å². The van der Waals surface area contributed by atoms with Gasteiger partial charge in [-0.3, -0.25) is 0 Å². The van der Waals surface area contributed by atoms with E-state index in [4.69, 9.17) is 0 Å². The Morgan fingerprint density at radius 2 is 2.07 bits per heavy atom. The fourth-order valence-corrected chi connectivity index (χ4v) is 2.54. The fraction of sp³-hybridized carbons (Fsp3) is 0.538. The molecule has 1 nitrogen and oxygen atoms in total. The van der Waals surface area contributed by atoms with Gasteiger partial charge in [0.05, 0.1) is 6.10 Å². The normalized spacial score (nSPS) is 26.5. The predicted octanol–water partition coefficient (Wildman–Crippen LogP) is 2.49. The molecule has 1 aromatic rings. The van der Waals surface area contributed by atoms with E-state index in [0.717, 1.165) is 6.42 Å². The highest BCUT2D eigenvalue weighted by Crippen LogP contribution is 2.42. The highest BCUT2D eigenvalue weighted by Gasteiger charge is 2.34. The second-order valence-corrected chi connectivity index (χ2v) is 4.74. The van der Waals surface area contributed by atoms with E-state index in [9.17, 15) is 5.11 Å². The summed E-state index contributed by atoms with van der Waals surface area (Å²) >= 11 is 0. The van der Waals surface area contributed by atoms with Gasteiger partial charge in [0.1, 0.15) is 0 Å². The minimum absolute atomic E-state index is 0.0339. The summed E-state index contributed by atoms with van der Waals surface area (Å²) in [5.41, 5.74) is 2.97. The number of hydrogen-bond donors (Lipinski definition) is 1. The van der Waals surface area contributed by atoms with Crippen molar-refractivity contribution in [2.75, 3.05) is 0 Å². The lowest BCUT2D eigenvalue weighted by Crippen LogP contribution is -2.23. The maximum absolute atomic E-state index is 9.85. The molecule has 2 unspecified atom stereocenters. The lowest BCUT2D eigenvalue weighted by molar-refractivity contribution is 0.129. The van der Waals surface area contributed by atoms with Crippen LogP contribution in [0.25, 0.3) is 0 Å². The van der Waals surface area contributed by atoms with E-state index in [1.807, 2.05) is 0 Å². The van der Waals surface area contributed by atoms with Gasteiger partial charge in [0.15, 0.2) is 0 Å². The maximum Gasteiger partial charge on any atom is 0.0574 e. The quantitative estimate of drug-likeness (QED) is 0.772. The molecule has 2 atom stereocenters. The molecule has 74 valence electrons. The van der Waals surface area contributed by atoms with Crippen LogP contribution in [0.3, 0.4) is 0 Å². The smallest absolute Gasteiger partial charge is 0.0574 e. The molecule has 0 amide bonds. The first-order valence-corrected chi connectivity index (χ1v) is 5.60. The summed E-state index contributed by atoms with van der Waals surface area (Å²) in [6.45, 7) is 0. The lowest BCUT2D eigenvalue weighted by atomic mass is 9.74. The Bertz CT molecular complexity index is 341. The molecule has 2 aliphatic rings. The van der Waals surface area contributed by atoms with Gasteiger partial charge in [-0.05, 0) is 48.6 Å². The number of fused-ring (bicyclic) bond motifs is 1. The molecule has 1 heteroatoms. The minimum Gasteiger partial charge on any atom is -0.393 e. The van der Waals surface area contributed by atoms with Crippen molar-refractivity contribution in [3.05, 3.63) is 35.4 Å². The van der Waals surface area contributed by atoms with Crippen molar-refractivity contribution in [2.45, 2.75) is 37.7 Å². The van der Waals surface area contributed by atoms with Gasteiger partial charge in [-0.15, -0.1) is 0 Å². The highest BCUT2D eigenvalue weighted by atomic mass is 16.3. The lowest BCUT2D eigenvalue weighted by Gasteiger charge is -2.31. The van der Waals surface area contributed by atoms with Gasteiger partial charge in [0.25, 0.3) is 0 Å². The van der Waals surface area contributed by atoms with E-state index < -0.39 is 0 Å². The van der Waals surface area contributed by atoms with Gasteiger partial charge >= 0.3 is 0 Å². The third kappa shape index (κ3) is 1.36. The Morgan fingerprint density at radius 1 is 1.29 bits per heavy atom. The Morgan fingerprint density at radius 3 is 2.79 bits per heavy atom. The number of benzene rings is 1. The van der Waals surface area contributed by atoms with E-state index in [0.29, 0.717) is 11.8 Å². The van der Waals surface area contributed by atoms with E-state index in [1.54, 1.807) is 0 Å². The second kappa shape index (κ2) is 3.09. The first kappa shape index (κ1) is 8.49. The van der Waals surface area contributed by atoms with Crippen LogP contribution in [0, 0.1) is 5.92 Å². The Labute approximate surface area is 84.8 Å². The fourth-order valence-electron chi connectivity index (χ4n) is 2.54. The molecule has 0 aromatic heterocycles. The third-order valence-corrected chi connectivity index (χ3v) is 3.65. The van der Waals surface area contributed by atoms with Crippen LogP contribution < -0.4 is 0 Å². The van der Waals surface area contributed by atoms with Gasteiger partial charge in [0, 0.05) is 0 Å².